The van der Waals surface area contributed by atoms with E-state index in [2.05, 4.69) is 36.5 Å². The highest BCUT2D eigenvalue weighted by Gasteiger charge is 2.28. The van der Waals surface area contributed by atoms with Crippen molar-refractivity contribution in [3.63, 3.8) is 0 Å². The molecule has 1 aliphatic carbocycles. The third kappa shape index (κ3) is 3.49. The van der Waals surface area contributed by atoms with Gasteiger partial charge in [0, 0.05) is 12.2 Å². The number of hydrogen-bond donors (Lipinski definition) is 2. The molecule has 0 aromatic heterocycles. The van der Waals surface area contributed by atoms with Gasteiger partial charge in [0.05, 0.1) is 5.60 Å². The van der Waals surface area contributed by atoms with Crippen LogP contribution in [0.2, 0.25) is 0 Å². The van der Waals surface area contributed by atoms with Crippen molar-refractivity contribution in [2.24, 2.45) is 0 Å². The highest BCUT2D eigenvalue weighted by molar-refractivity contribution is 5.51. The van der Waals surface area contributed by atoms with Gasteiger partial charge in [0.2, 0.25) is 0 Å². The molecular weight excluding hydrogens is 222 g/mol. The monoisotopic (exact) mass is 247 g/mol. The molecule has 1 fully saturated rings. The van der Waals surface area contributed by atoms with E-state index in [1.54, 1.807) is 0 Å². The quantitative estimate of drug-likeness (QED) is 0.830. The fraction of sp³-hybridized carbons (Fsp3) is 0.625. The van der Waals surface area contributed by atoms with E-state index >= 15 is 0 Å². The number of hydrogen-bond acceptors (Lipinski definition) is 2. The van der Waals surface area contributed by atoms with Crippen molar-refractivity contribution in [1.29, 1.82) is 0 Å². The Morgan fingerprint density at radius 2 is 1.89 bits per heavy atom. The van der Waals surface area contributed by atoms with Gasteiger partial charge in [-0.3, -0.25) is 0 Å². The lowest BCUT2D eigenvalue weighted by molar-refractivity contribution is 0.0167. The van der Waals surface area contributed by atoms with Gasteiger partial charge in [0.15, 0.2) is 0 Å². The van der Waals surface area contributed by atoms with Crippen LogP contribution < -0.4 is 5.32 Å². The van der Waals surface area contributed by atoms with Crippen LogP contribution >= 0.6 is 0 Å². The average Bonchev–Trinajstić information content (AvgIpc) is 2.39. The summed E-state index contributed by atoms with van der Waals surface area (Å²) < 4.78 is 0. The zero-order chi connectivity index (χ0) is 12.8. The number of para-hydroxylation sites is 1. The molecule has 1 aliphatic rings. The third-order valence-corrected chi connectivity index (χ3v) is 3.93. The SMILES string of the molecule is CCCc1ccccc1NCC1(O)CCCCC1. The molecule has 0 heterocycles. The molecule has 100 valence electrons. The van der Waals surface area contributed by atoms with Gasteiger partial charge in [0.25, 0.3) is 0 Å². The van der Waals surface area contributed by atoms with Crippen molar-refractivity contribution >= 4 is 5.69 Å². The zero-order valence-electron chi connectivity index (χ0n) is 11.4. The van der Waals surface area contributed by atoms with Crippen molar-refractivity contribution in [3.8, 4) is 0 Å². The minimum atomic E-state index is -0.489. The molecule has 0 amide bonds. The van der Waals surface area contributed by atoms with Crippen molar-refractivity contribution in [1.82, 2.24) is 0 Å². The van der Waals surface area contributed by atoms with Gasteiger partial charge in [-0.2, -0.15) is 0 Å². The van der Waals surface area contributed by atoms with E-state index in [-0.39, 0.29) is 0 Å². The van der Waals surface area contributed by atoms with Gasteiger partial charge in [-0.25, -0.2) is 0 Å². The van der Waals surface area contributed by atoms with Crippen LogP contribution in [0.15, 0.2) is 24.3 Å². The minimum Gasteiger partial charge on any atom is -0.388 e. The number of anilines is 1. The lowest BCUT2D eigenvalue weighted by atomic mass is 9.85. The molecule has 0 spiro atoms. The van der Waals surface area contributed by atoms with Crippen molar-refractivity contribution < 1.29 is 5.11 Å². The minimum absolute atomic E-state index is 0.489. The summed E-state index contributed by atoms with van der Waals surface area (Å²) in [5, 5.41) is 13.9. The Morgan fingerprint density at radius 3 is 2.61 bits per heavy atom. The van der Waals surface area contributed by atoms with Gasteiger partial charge in [-0.05, 0) is 30.9 Å². The lowest BCUT2D eigenvalue weighted by Crippen LogP contribution is -2.38. The summed E-state index contributed by atoms with van der Waals surface area (Å²) in [6.07, 6.45) is 7.73. The first-order valence-electron chi connectivity index (χ1n) is 7.28. The van der Waals surface area contributed by atoms with Gasteiger partial charge >= 0.3 is 0 Å². The third-order valence-electron chi connectivity index (χ3n) is 3.93. The molecule has 0 unspecified atom stereocenters. The van der Waals surface area contributed by atoms with Crippen LogP contribution in [0.25, 0.3) is 0 Å². The second-order valence-corrected chi connectivity index (χ2v) is 5.55. The molecule has 1 aromatic carbocycles. The lowest BCUT2D eigenvalue weighted by Gasteiger charge is -2.32. The predicted octanol–water partition coefficient (Wildman–Crippen LogP) is 3.75. The molecule has 2 rings (SSSR count). The van der Waals surface area contributed by atoms with Gasteiger partial charge in [-0.15, -0.1) is 0 Å². The predicted molar refractivity (Wildman–Crippen MR) is 77.0 cm³/mol. The van der Waals surface area contributed by atoms with Crippen LogP contribution in [-0.4, -0.2) is 17.3 Å². The molecule has 1 aromatic rings. The van der Waals surface area contributed by atoms with E-state index in [4.69, 9.17) is 0 Å². The number of aliphatic hydroxyl groups is 1. The molecule has 0 radical (unpaired) electrons. The van der Waals surface area contributed by atoms with Crippen molar-refractivity contribution in [3.05, 3.63) is 29.8 Å². The largest absolute Gasteiger partial charge is 0.388 e. The first kappa shape index (κ1) is 13.4. The van der Waals surface area contributed by atoms with Crippen LogP contribution in [0.4, 0.5) is 5.69 Å². The van der Waals surface area contributed by atoms with Crippen LogP contribution in [0, 0.1) is 0 Å². The second kappa shape index (κ2) is 6.24. The maximum atomic E-state index is 10.5. The van der Waals surface area contributed by atoms with Gasteiger partial charge in [0.1, 0.15) is 0 Å². The average molecular weight is 247 g/mol. The Kier molecular flexibility index (Phi) is 4.65. The first-order valence-corrected chi connectivity index (χ1v) is 7.28. The fourth-order valence-corrected chi connectivity index (χ4v) is 2.83. The molecular formula is C16H25NO. The number of aryl methyl sites for hydroxylation is 1. The van der Waals surface area contributed by atoms with Crippen LogP contribution in [-0.2, 0) is 6.42 Å². The molecule has 0 saturated heterocycles. The van der Waals surface area contributed by atoms with E-state index in [1.165, 1.54) is 17.7 Å². The summed E-state index contributed by atoms with van der Waals surface area (Å²) in [4.78, 5) is 0. The normalized spacial score (nSPS) is 18.6. The Bertz CT molecular complexity index is 369. The first-order chi connectivity index (χ1) is 8.73. The molecule has 2 nitrogen and oxygen atoms in total. The van der Waals surface area contributed by atoms with Crippen LogP contribution in [0.1, 0.15) is 51.0 Å². The highest BCUT2D eigenvalue weighted by atomic mass is 16.3. The van der Waals surface area contributed by atoms with E-state index in [1.807, 2.05) is 0 Å². The standard InChI is InChI=1S/C16H25NO/c1-2-8-14-9-4-5-10-15(14)17-13-16(18)11-6-3-7-12-16/h4-5,9-10,17-18H,2-3,6-8,11-13H2,1H3. The summed E-state index contributed by atoms with van der Waals surface area (Å²) in [5.41, 5.74) is 2.06. The molecule has 0 aliphatic heterocycles. The van der Waals surface area contributed by atoms with Gasteiger partial charge in [-0.1, -0.05) is 50.8 Å². The molecule has 0 bridgehead atoms. The molecule has 0 atom stereocenters. The molecule has 18 heavy (non-hydrogen) atoms. The number of nitrogens with one attached hydrogen (secondary N) is 1. The topological polar surface area (TPSA) is 32.3 Å². The van der Waals surface area contributed by atoms with Crippen LogP contribution in [0.5, 0.6) is 0 Å². The fourth-order valence-electron chi connectivity index (χ4n) is 2.83. The maximum Gasteiger partial charge on any atom is 0.0819 e. The Labute approximate surface area is 110 Å². The summed E-state index contributed by atoms with van der Waals surface area (Å²) >= 11 is 0. The van der Waals surface area contributed by atoms with Crippen LogP contribution in [0.3, 0.4) is 0 Å². The van der Waals surface area contributed by atoms with E-state index < -0.39 is 5.60 Å². The Balaban J connectivity index is 1.96. The highest BCUT2D eigenvalue weighted by Crippen LogP contribution is 2.28. The van der Waals surface area contributed by atoms with E-state index in [9.17, 15) is 5.11 Å². The summed E-state index contributed by atoms with van der Waals surface area (Å²) in [7, 11) is 0. The zero-order valence-corrected chi connectivity index (χ0v) is 11.4. The van der Waals surface area contributed by atoms with Crippen molar-refractivity contribution in [2.75, 3.05) is 11.9 Å². The Morgan fingerprint density at radius 1 is 1.17 bits per heavy atom. The Hall–Kier alpha value is -1.02. The summed E-state index contributed by atoms with van der Waals surface area (Å²) in [6, 6.07) is 8.45. The number of benzene rings is 1. The summed E-state index contributed by atoms with van der Waals surface area (Å²) in [6.45, 7) is 2.89. The smallest absolute Gasteiger partial charge is 0.0819 e. The molecule has 2 N–H and O–H groups in total. The molecule has 1 saturated carbocycles. The maximum absolute atomic E-state index is 10.5. The van der Waals surface area contributed by atoms with E-state index in [0.717, 1.165) is 38.5 Å². The van der Waals surface area contributed by atoms with Crippen molar-refractivity contribution in [2.45, 2.75) is 57.5 Å². The molecule has 2 heteroatoms. The van der Waals surface area contributed by atoms with Gasteiger partial charge < -0.3 is 10.4 Å². The van der Waals surface area contributed by atoms with E-state index in [0.29, 0.717) is 6.54 Å². The summed E-state index contributed by atoms with van der Waals surface area (Å²) in [5.74, 6) is 0. The number of rotatable bonds is 5. The second-order valence-electron chi connectivity index (χ2n) is 5.55.